The van der Waals surface area contributed by atoms with Gasteiger partial charge >= 0.3 is 11.9 Å². The third kappa shape index (κ3) is 5.91. The number of nitrogens with one attached hydrogen (secondary N) is 1. The van der Waals surface area contributed by atoms with Gasteiger partial charge in [0.1, 0.15) is 11.6 Å². The molecule has 2 N–H and O–H groups in total. The van der Waals surface area contributed by atoms with Crippen LogP contribution < -0.4 is 5.32 Å². The van der Waals surface area contributed by atoms with Crippen LogP contribution >= 0.6 is 0 Å². The molecular formula is C20H22N2O5. The molecule has 1 atom stereocenters. The van der Waals surface area contributed by atoms with Crippen LogP contribution in [0.15, 0.2) is 48.8 Å². The monoisotopic (exact) mass is 370 g/mol. The minimum absolute atomic E-state index is 0.0703. The van der Waals surface area contributed by atoms with Gasteiger partial charge in [-0.2, -0.15) is 0 Å². The van der Waals surface area contributed by atoms with Crippen molar-refractivity contribution in [3.05, 3.63) is 65.5 Å². The summed E-state index contributed by atoms with van der Waals surface area (Å²) in [7, 11) is 0. The number of carbonyl (C=O) groups is 3. The zero-order chi connectivity index (χ0) is 20.0. The highest BCUT2D eigenvalue weighted by molar-refractivity contribution is 6.05. The molecule has 0 aliphatic heterocycles. The average Bonchev–Trinajstić information content (AvgIpc) is 2.60. The summed E-state index contributed by atoms with van der Waals surface area (Å²) in [5.74, 6) is -2.54. The number of amides is 1. The molecule has 1 heterocycles. The fourth-order valence-corrected chi connectivity index (χ4v) is 2.41. The minimum atomic E-state index is -1.27. The van der Waals surface area contributed by atoms with E-state index in [4.69, 9.17) is 4.74 Å². The molecule has 2 aromatic rings. The van der Waals surface area contributed by atoms with Gasteiger partial charge in [0.25, 0.3) is 5.91 Å². The molecule has 27 heavy (non-hydrogen) atoms. The number of ether oxygens (including phenoxy) is 1. The van der Waals surface area contributed by atoms with Crippen molar-refractivity contribution in [2.24, 2.45) is 0 Å². The highest BCUT2D eigenvalue weighted by Gasteiger charge is 2.28. The van der Waals surface area contributed by atoms with Crippen LogP contribution in [-0.4, -0.2) is 39.6 Å². The first-order valence-electron chi connectivity index (χ1n) is 8.42. The number of esters is 1. The Kier molecular flexibility index (Phi) is 6.28. The lowest BCUT2D eigenvalue weighted by Crippen LogP contribution is -2.45. The highest BCUT2D eigenvalue weighted by Crippen LogP contribution is 2.13. The van der Waals surface area contributed by atoms with E-state index in [1.165, 1.54) is 12.3 Å². The lowest BCUT2D eigenvalue weighted by Gasteiger charge is -2.25. The Bertz CT molecular complexity index is 828. The summed E-state index contributed by atoms with van der Waals surface area (Å²) in [6.07, 6.45) is 2.63. The summed E-state index contributed by atoms with van der Waals surface area (Å²) in [5.41, 5.74) is -0.196. The second kappa shape index (κ2) is 8.44. The number of aromatic carboxylic acids is 1. The molecule has 0 bridgehead atoms. The summed E-state index contributed by atoms with van der Waals surface area (Å²) in [6.45, 7) is 5.20. The molecule has 0 aliphatic rings. The van der Waals surface area contributed by atoms with Crippen molar-refractivity contribution in [2.75, 3.05) is 0 Å². The number of carboxylic acids is 1. The maximum Gasteiger partial charge on any atom is 0.338 e. The Morgan fingerprint density at radius 1 is 1.11 bits per heavy atom. The molecular weight excluding hydrogens is 348 g/mol. The zero-order valence-electron chi connectivity index (χ0n) is 15.4. The number of hydrogen-bond donors (Lipinski definition) is 2. The maximum atomic E-state index is 12.6. The van der Waals surface area contributed by atoms with Gasteiger partial charge in [-0.1, -0.05) is 30.3 Å². The van der Waals surface area contributed by atoms with Gasteiger partial charge in [0, 0.05) is 18.8 Å². The number of nitrogens with zero attached hydrogens (tertiary/aromatic N) is 1. The quantitative estimate of drug-likeness (QED) is 0.757. The normalized spacial score (nSPS) is 12.1. The van der Waals surface area contributed by atoms with Crippen LogP contribution in [0.4, 0.5) is 0 Å². The van der Waals surface area contributed by atoms with Crippen molar-refractivity contribution in [3.63, 3.8) is 0 Å². The van der Waals surface area contributed by atoms with Gasteiger partial charge in [0.2, 0.25) is 0 Å². The first-order valence-corrected chi connectivity index (χ1v) is 8.42. The Morgan fingerprint density at radius 3 is 2.37 bits per heavy atom. The van der Waals surface area contributed by atoms with Crippen LogP contribution in [-0.2, 0) is 16.0 Å². The standard InChI is InChI=1S/C20H22N2O5/c1-20(2,3)27-19(26)16(11-13-7-5-4-6-8-13)22-17(23)14-9-10-21-12-15(14)18(24)25/h4-10,12,16H,11H2,1-3H3,(H,22,23)(H,24,25)/t16-/m1/s1. The summed E-state index contributed by atoms with van der Waals surface area (Å²) >= 11 is 0. The van der Waals surface area contributed by atoms with E-state index in [1.54, 1.807) is 20.8 Å². The largest absolute Gasteiger partial charge is 0.478 e. The fraction of sp³-hybridized carbons (Fsp3) is 0.300. The third-order valence-corrected chi connectivity index (χ3v) is 3.58. The van der Waals surface area contributed by atoms with Gasteiger partial charge in [-0.3, -0.25) is 9.78 Å². The van der Waals surface area contributed by atoms with Crippen molar-refractivity contribution >= 4 is 17.8 Å². The number of carbonyl (C=O) groups excluding carboxylic acids is 2. The molecule has 1 aromatic carbocycles. The van der Waals surface area contributed by atoms with Crippen LogP contribution in [0.2, 0.25) is 0 Å². The molecule has 7 heteroatoms. The van der Waals surface area contributed by atoms with Crippen molar-refractivity contribution in [3.8, 4) is 0 Å². The van der Waals surface area contributed by atoms with Crippen molar-refractivity contribution in [1.82, 2.24) is 10.3 Å². The number of aromatic nitrogens is 1. The number of rotatable bonds is 6. The van der Waals surface area contributed by atoms with E-state index < -0.39 is 29.5 Å². The summed E-state index contributed by atoms with van der Waals surface area (Å²) in [6, 6.07) is 9.50. The molecule has 0 radical (unpaired) electrons. The predicted molar refractivity (Wildman–Crippen MR) is 98.4 cm³/mol. The molecule has 0 saturated heterocycles. The summed E-state index contributed by atoms with van der Waals surface area (Å²) in [4.78, 5) is 40.3. The SMILES string of the molecule is CC(C)(C)OC(=O)[C@@H](Cc1ccccc1)NC(=O)c1ccncc1C(=O)O. The Morgan fingerprint density at radius 2 is 1.78 bits per heavy atom. The number of carboxylic acid groups (broad SMARTS) is 1. The first-order chi connectivity index (χ1) is 12.7. The van der Waals surface area contributed by atoms with E-state index in [0.717, 1.165) is 11.8 Å². The number of benzene rings is 1. The molecule has 0 aliphatic carbocycles. The topological polar surface area (TPSA) is 106 Å². The van der Waals surface area contributed by atoms with Crippen molar-refractivity contribution in [1.29, 1.82) is 0 Å². The van der Waals surface area contributed by atoms with Gasteiger partial charge in [-0.05, 0) is 32.4 Å². The molecule has 0 spiro atoms. The minimum Gasteiger partial charge on any atom is -0.478 e. The second-order valence-electron chi connectivity index (χ2n) is 6.98. The highest BCUT2D eigenvalue weighted by atomic mass is 16.6. The summed E-state index contributed by atoms with van der Waals surface area (Å²) < 4.78 is 5.40. The number of pyridine rings is 1. The van der Waals surface area contributed by atoms with E-state index >= 15 is 0 Å². The smallest absolute Gasteiger partial charge is 0.338 e. The van der Waals surface area contributed by atoms with Gasteiger partial charge in [0.15, 0.2) is 0 Å². The molecule has 1 amide bonds. The molecule has 142 valence electrons. The fourth-order valence-electron chi connectivity index (χ4n) is 2.41. The first kappa shape index (κ1) is 20.1. The number of hydrogen-bond acceptors (Lipinski definition) is 5. The molecule has 0 fully saturated rings. The lowest BCUT2D eigenvalue weighted by atomic mass is 10.0. The Hall–Kier alpha value is -3.22. The van der Waals surface area contributed by atoms with Crippen LogP contribution in [0.1, 0.15) is 47.1 Å². The summed E-state index contributed by atoms with van der Waals surface area (Å²) in [5, 5.41) is 11.8. The molecule has 1 aromatic heterocycles. The van der Waals surface area contributed by atoms with E-state index in [-0.39, 0.29) is 17.5 Å². The van der Waals surface area contributed by atoms with Crippen LogP contribution in [0.25, 0.3) is 0 Å². The molecule has 7 nitrogen and oxygen atoms in total. The van der Waals surface area contributed by atoms with Gasteiger partial charge < -0.3 is 15.2 Å². The van der Waals surface area contributed by atoms with Crippen molar-refractivity contribution < 1.29 is 24.2 Å². The van der Waals surface area contributed by atoms with E-state index in [2.05, 4.69) is 10.3 Å². The Labute approximate surface area is 157 Å². The van der Waals surface area contributed by atoms with E-state index in [1.807, 2.05) is 30.3 Å². The van der Waals surface area contributed by atoms with E-state index in [0.29, 0.717) is 0 Å². The van der Waals surface area contributed by atoms with Gasteiger partial charge in [-0.25, -0.2) is 9.59 Å². The predicted octanol–water partition coefficient (Wildman–Crippen LogP) is 2.46. The zero-order valence-corrected chi connectivity index (χ0v) is 15.4. The molecule has 2 rings (SSSR count). The Balaban J connectivity index is 2.27. The van der Waals surface area contributed by atoms with Crippen LogP contribution in [0, 0.1) is 0 Å². The van der Waals surface area contributed by atoms with E-state index in [9.17, 15) is 19.5 Å². The van der Waals surface area contributed by atoms with Crippen LogP contribution in [0.3, 0.4) is 0 Å². The van der Waals surface area contributed by atoms with Gasteiger partial charge in [0.05, 0.1) is 11.1 Å². The van der Waals surface area contributed by atoms with Crippen molar-refractivity contribution in [2.45, 2.75) is 38.8 Å². The maximum absolute atomic E-state index is 12.6. The second-order valence-corrected chi connectivity index (χ2v) is 6.98. The average molecular weight is 370 g/mol. The van der Waals surface area contributed by atoms with Gasteiger partial charge in [-0.15, -0.1) is 0 Å². The third-order valence-electron chi connectivity index (χ3n) is 3.58. The molecule has 0 unspecified atom stereocenters. The molecule has 0 saturated carbocycles. The lowest BCUT2D eigenvalue weighted by molar-refractivity contribution is -0.157. The van der Waals surface area contributed by atoms with Crippen LogP contribution in [0.5, 0.6) is 0 Å².